The van der Waals surface area contributed by atoms with E-state index in [0.717, 1.165) is 32.9 Å². The molecule has 0 aliphatic rings. The molecule has 0 bridgehead atoms. The lowest BCUT2D eigenvalue weighted by atomic mass is 10.1. The first kappa shape index (κ1) is 15.1. The van der Waals surface area contributed by atoms with Crippen LogP contribution in [0.25, 0.3) is 21.8 Å². The Hall–Kier alpha value is -3.47. The summed E-state index contributed by atoms with van der Waals surface area (Å²) in [6.07, 6.45) is 5.53. The van der Waals surface area contributed by atoms with Crippen LogP contribution in [-0.2, 0) is 11.2 Å². The van der Waals surface area contributed by atoms with Gasteiger partial charge in [-0.15, -0.1) is 0 Å². The monoisotopic (exact) mass is 328 g/mol. The van der Waals surface area contributed by atoms with Gasteiger partial charge in [0.1, 0.15) is 0 Å². The molecule has 2 heterocycles. The van der Waals surface area contributed by atoms with Crippen molar-refractivity contribution in [2.24, 2.45) is 5.10 Å². The molecule has 2 N–H and O–H groups in total. The lowest BCUT2D eigenvalue weighted by molar-refractivity contribution is -0.120. The summed E-state index contributed by atoms with van der Waals surface area (Å²) in [5.41, 5.74) is 6.39. The zero-order valence-electron chi connectivity index (χ0n) is 13.4. The highest BCUT2D eigenvalue weighted by molar-refractivity contribution is 5.98. The molecule has 1 amide bonds. The van der Waals surface area contributed by atoms with Crippen LogP contribution in [-0.4, -0.2) is 22.1 Å². The van der Waals surface area contributed by atoms with Crippen LogP contribution in [0.5, 0.6) is 0 Å². The smallest absolute Gasteiger partial charge is 0.244 e. The minimum Gasteiger partial charge on any atom is -0.361 e. The maximum absolute atomic E-state index is 12.2. The topological polar surface area (TPSA) is 70.1 Å². The third-order valence-corrected chi connectivity index (χ3v) is 4.10. The molecule has 0 saturated carbocycles. The number of amides is 1. The largest absolute Gasteiger partial charge is 0.361 e. The van der Waals surface area contributed by atoms with E-state index in [1.807, 2.05) is 60.8 Å². The number of hydrogen-bond donors (Lipinski definition) is 2. The SMILES string of the molecule is O=C(Cc1c[nH]c2ccccc12)NN=Cc1ccnc2ccccc12. The Morgan fingerprint density at radius 2 is 1.88 bits per heavy atom. The Balaban J connectivity index is 1.47. The Morgan fingerprint density at radius 1 is 1.08 bits per heavy atom. The van der Waals surface area contributed by atoms with Crippen LogP contribution in [0.4, 0.5) is 0 Å². The molecule has 0 aliphatic heterocycles. The summed E-state index contributed by atoms with van der Waals surface area (Å²) in [4.78, 5) is 19.6. The van der Waals surface area contributed by atoms with Gasteiger partial charge in [-0.1, -0.05) is 36.4 Å². The van der Waals surface area contributed by atoms with Gasteiger partial charge in [0.25, 0.3) is 0 Å². The average Bonchev–Trinajstić information content (AvgIpc) is 3.05. The van der Waals surface area contributed by atoms with Gasteiger partial charge in [-0.05, 0) is 23.8 Å². The average molecular weight is 328 g/mol. The van der Waals surface area contributed by atoms with Crippen molar-refractivity contribution in [3.63, 3.8) is 0 Å². The van der Waals surface area contributed by atoms with Crippen molar-refractivity contribution in [2.45, 2.75) is 6.42 Å². The van der Waals surface area contributed by atoms with Gasteiger partial charge in [-0.25, -0.2) is 5.43 Å². The van der Waals surface area contributed by atoms with E-state index in [0.29, 0.717) is 0 Å². The number of nitrogens with zero attached hydrogens (tertiary/aromatic N) is 2. The van der Waals surface area contributed by atoms with Crippen LogP contribution < -0.4 is 5.43 Å². The van der Waals surface area contributed by atoms with Crippen LogP contribution in [0, 0.1) is 0 Å². The third-order valence-electron chi connectivity index (χ3n) is 4.10. The van der Waals surface area contributed by atoms with Gasteiger partial charge in [0.2, 0.25) is 5.91 Å². The van der Waals surface area contributed by atoms with Crippen LogP contribution >= 0.6 is 0 Å². The molecule has 0 saturated heterocycles. The molecule has 0 atom stereocenters. The number of H-pyrrole nitrogens is 1. The number of hydrogen-bond acceptors (Lipinski definition) is 3. The van der Waals surface area contributed by atoms with E-state index in [4.69, 9.17) is 0 Å². The lowest BCUT2D eigenvalue weighted by Gasteiger charge is -2.01. The zero-order valence-corrected chi connectivity index (χ0v) is 13.4. The van der Waals surface area contributed by atoms with Crippen molar-refractivity contribution in [1.82, 2.24) is 15.4 Å². The summed E-state index contributed by atoms with van der Waals surface area (Å²) in [5, 5.41) is 6.15. The summed E-state index contributed by atoms with van der Waals surface area (Å²) in [6.45, 7) is 0. The molecule has 4 rings (SSSR count). The predicted octanol–water partition coefficient (Wildman–Crippen LogP) is 3.41. The third kappa shape index (κ3) is 3.12. The van der Waals surface area contributed by atoms with Gasteiger partial charge in [0, 0.05) is 34.2 Å². The molecular weight excluding hydrogens is 312 g/mol. The summed E-state index contributed by atoms with van der Waals surface area (Å²) >= 11 is 0. The van der Waals surface area contributed by atoms with Crippen LogP contribution in [0.2, 0.25) is 0 Å². The lowest BCUT2D eigenvalue weighted by Crippen LogP contribution is -2.19. The maximum Gasteiger partial charge on any atom is 0.244 e. The molecule has 122 valence electrons. The first-order valence-electron chi connectivity index (χ1n) is 8.02. The van der Waals surface area contributed by atoms with E-state index in [1.54, 1.807) is 12.4 Å². The number of carbonyl (C=O) groups is 1. The molecule has 5 heteroatoms. The van der Waals surface area contributed by atoms with Crippen LogP contribution in [0.1, 0.15) is 11.1 Å². The van der Waals surface area contributed by atoms with Crippen LogP contribution in [0.15, 0.2) is 72.1 Å². The quantitative estimate of drug-likeness (QED) is 0.445. The summed E-state index contributed by atoms with van der Waals surface area (Å²) < 4.78 is 0. The molecule has 0 aliphatic carbocycles. The van der Waals surface area contributed by atoms with Crippen molar-refractivity contribution in [2.75, 3.05) is 0 Å². The first-order chi connectivity index (χ1) is 12.3. The van der Waals surface area contributed by atoms with E-state index >= 15 is 0 Å². The van der Waals surface area contributed by atoms with Gasteiger partial charge in [0.05, 0.1) is 18.2 Å². The fraction of sp³-hybridized carbons (Fsp3) is 0.0500. The van der Waals surface area contributed by atoms with Crippen molar-refractivity contribution in [3.8, 4) is 0 Å². The Kier molecular flexibility index (Phi) is 3.96. The Labute approximate surface area is 144 Å². The first-order valence-corrected chi connectivity index (χ1v) is 8.02. The predicted molar refractivity (Wildman–Crippen MR) is 99.5 cm³/mol. The molecule has 2 aromatic carbocycles. The molecule has 2 aromatic heterocycles. The standard InChI is InChI=1S/C20H16N4O/c25-20(11-15-12-22-19-8-4-2-6-17(15)19)24-23-13-14-9-10-21-18-7-3-1-5-16(14)18/h1-10,12-13,22H,11H2,(H,24,25). The molecule has 0 spiro atoms. The number of aromatic amines is 1. The van der Waals surface area contributed by atoms with Gasteiger partial charge < -0.3 is 4.98 Å². The highest BCUT2D eigenvalue weighted by Gasteiger charge is 2.07. The van der Waals surface area contributed by atoms with E-state index in [9.17, 15) is 4.79 Å². The number of nitrogens with one attached hydrogen (secondary N) is 2. The molecule has 4 aromatic rings. The van der Waals surface area contributed by atoms with Crippen LogP contribution in [0.3, 0.4) is 0 Å². The second-order valence-corrected chi connectivity index (χ2v) is 5.75. The summed E-state index contributed by atoms with van der Waals surface area (Å²) in [5.74, 6) is -0.153. The van der Waals surface area contributed by atoms with E-state index in [-0.39, 0.29) is 12.3 Å². The summed E-state index contributed by atoms with van der Waals surface area (Å²) in [7, 11) is 0. The molecule has 0 unspecified atom stereocenters. The number of fused-ring (bicyclic) bond motifs is 2. The maximum atomic E-state index is 12.2. The molecule has 0 fully saturated rings. The van der Waals surface area contributed by atoms with Gasteiger partial charge in [0.15, 0.2) is 0 Å². The molecule has 5 nitrogen and oxygen atoms in total. The minimum absolute atomic E-state index is 0.153. The molecule has 0 radical (unpaired) electrons. The zero-order chi connectivity index (χ0) is 17.1. The second kappa shape index (κ2) is 6.57. The normalized spacial score (nSPS) is 11.4. The highest BCUT2D eigenvalue weighted by atomic mass is 16.2. The van der Waals surface area contributed by atoms with E-state index in [2.05, 4.69) is 20.5 Å². The van der Waals surface area contributed by atoms with Crippen molar-refractivity contribution in [1.29, 1.82) is 0 Å². The minimum atomic E-state index is -0.153. The van der Waals surface area contributed by atoms with Crippen molar-refractivity contribution < 1.29 is 4.79 Å². The van der Waals surface area contributed by atoms with Gasteiger partial charge >= 0.3 is 0 Å². The van der Waals surface area contributed by atoms with Crippen molar-refractivity contribution in [3.05, 3.63) is 78.1 Å². The number of hydrazone groups is 1. The molecule has 25 heavy (non-hydrogen) atoms. The number of aromatic nitrogens is 2. The Bertz CT molecular complexity index is 1080. The summed E-state index contributed by atoms with van der Waals surface area (Å²) in [6, 6.07) is 17.6. The number of rotatable bonds is 4. The number of benzene rings is 2. The van der Waals surface area contributed by atoms with Gasteiger partial charge in [-0.2, -0.15) is 5.10 Å². The number of pyridine rings is 1. The molecular formula is C20H16N4O. The van der Waals surface area contributed by atoms with Crippen molar-refractivity contribution >= 4 is 33.9 Å². The number of carbonyl (C=O) groups excluding carboxylic acids is 1. The van der Waals surface area contributed by atoms with E-state index < -0.39 is 0 Å². The fourth-order valence-electron chi connectivity index (χ4n) is 2.89. The van der Waals surface area contributed by atoms with Gasteiger partial charge in [-0.3, -0.25) is 9.78 Å². The Morgan fingerprint density at radius 3 is 2.80 bits per heavy atom. The fourth-order valence-corrected chi connectivity index (χ4v) is 2.89. The second-order valence-electron chi connectivity index (χ2n) is 5.75. The number of para-hydroxylation sites is 2. The van der Waals surface area contributed by atoms with E-state index in [1.165, 1.54) is 0 Å². The highest BCUT2D eigenvalue weighted by Crippen LogP contribution is 2.18.